The molecule has 1 saturated heterocycles. The quantitative estimate of drug-likeness (QED) is 0.226. The van der Waals surface area contributed by atoms with Crippen molar-refractivity contribution in [3.05, 3.63) is 20.4 Å². The van der Waals surface area contributed by atoms with Crippen molar-refractivity contribution in [3.63, 3.8) is 0 Å². The van der Waals surface area contributed by atoms with Gasteiger partial charge in [0.1, 0.15) is 16.9 Å². The Morgan fingerprint density at radius 1 is 1.29 bits per heavy atom. The second kappa shape index (κ2) is 7.14. The molecule has 2 atom stereocenters. The molecule has 154 valence electrons. The van der Waals surface area contributed by atoms with Gasteiger partial charge in [-0.3, -0.25) is 14.4 Å². The fraction of sp³-hybridized carbons (Fsp3) is 0.706. The molecule has 7 N–H and O–H groups in total. The summed E-state index contributed by atoms with van der Waals surface area (Å²) in [7, 11) is 0.240. The van der Waals surface area contributed by atoms with Crippen molar-refractivity contribution in [2.75, 3.05) is 36.5 Å². The molecule has 2 fully saturated rings. The lowest BCUT2D eigenvalue weighted by molar-refractivity contribution is -0.144. The van der Waals surface area contributed by atoms with Crippen LogP contribution in [0.4, 0.5) is 11.4 Å². The molecule has 0 aromatic heterocycles. The van der Waals surface area contributed by atoms with Crippen molar-refractivity contribution in [2.45, 2.75) is 43.1 Å². The highest BCUT2D eigenvalue weighted by atomic mass is 16.4. The number of hydrogen-bond donors (Lipinski definition) is 5. The summed E-state index contributed by atoms with van der Waals surface area (Å²) in [6, 6.07) is 0. The number of carbonyl (C=O) groups is 1. The van der Waals surface area contributed by atoms with Gasteiger partial charge in [0.2, 0.25) is 0 Å². The minimum absolute atomic E-state index is 0.0891. The summed E-state index contributed by atoms with van der Waals surface area (Å²) in [5.74, 6) is -1.67. The minimum Gasteiger partial charge on any atom is -0.480 e. The molecule has 0 spiro atoms. The third-order valence-electron chi connectivity index (χ3n) is 6.04. The highest BCUT2D eigenvalue weighted by molar-refractivity contribution is 6.40. The summed E-state index contributed by atoms with van der Waals surface area (Å²) < 4.78 is 0. The molecule has 0 unspecified atom stereocenters. The van der Waals surface area contributed by atoms with Crippen molar-refractivity contribution in [1.29, 1.82) is 0 Å². The number of aliphatic carboxylic acids is 1. The van der Waals surface area contributed by atoms with Crippen LogP contribution in [-0.4, -0.2) is 66.0 Å². The summed E-state index contributed by atoms with van der Waals surface area (Å²) in [6.07, 6.45) is 2.57. The number of nitrogens with two attached hydrogens (primary N) is 2. The zero-order valence-corrected chi connectivity index (χ0v) is 15.9. The smallest absolute Gasteiger partial charge is 0.451 e. The van der Waals surface area contributed by atoms with Gasteiger partial charge in [-0.15, -0.1) is 0 Å². The van der Waals surface area contributed by atoms with E-state index in [1.807, 2.05) is 0 Å². The van der Waals surface area contributed by atoms with Crippen LogP contribution >= 0.6 is 0 Å². The Balaban J connectivity index is 1.80. The van der Waals surface area contributed by atoms with Crippen molar-refractivity contribution < 1.29 is 19.9 Å². The average molecular weight is 394 g/mol. The van der Waals surface area contributed by atoms with E-state index >= 15 is 0 Å². The van der Waals surface area contributed by atoms with Crippen LogP contribution in [0.1, 0.15) is 25.7 Å². The number of anilines is 2. The van der Waals surface area contributed by atoms with Gasteiger partial charge < -0.3 is 36.4 Å². The first-order chi connectivity index (χ1) is 13.0. The number of rotatable bonds is 9. The van der Waals surface area contributed by atoms with E-state index in [1.165, 1.54) is 0 Å². The summed E-state index contributed by atoms with van der Waals surface area (Å²) in [5, 5.41) is 27.7. The average Bonchev–Trinajstić information content (AvgIpc) is 3.22. The number of carboxylic acids is 1. The number of likely N-dealkylation sites (N-methyl/N-ethyl adjacent to an activating group) is 1. The van der Waals surface area contributed by atoms with Gasteiger partial charge in [-0.25, -0.2) is 0 Å². The summed E-state index contributed by atoms with van der Waals surface area (Å²) in [4.78, 5) is 39.5. The first-order valence-corrected chi connectivity index (χ1v) is 9.45. The lowest BCUT2D eigenvalue weighted by atomic mass is 9.78. The summed E-state index contributed by atoms with van der Waals surface area (Å²) >= 11 is 0. The van der Waals surface area contributed by atoms with E-state index in [2.05, 4.69) is 0 Å². The molecule has 2 aliphatic rings. The van der Waals surface area contributed by atoms with Crippen LogP contribution in [0.25, 0.3) is 0 Å². The van der Waals surface area contributed by atoms with Gasteiger partial charge in [-0.05, 0) is 25.6 Å². The molecule has 0 bridgehead atoms. The van der Waals surface area contributed by atoms with Crippen LogP contribution in [0.5, 0.6) is 0 Å². The van der Waals surface area contributed by atoms with E-state index in [9.17, 15) is 19.5 Å². The van der Waals surface area contributed by atoms with Crippen LogP contribution in [0.15, 0.2) is 9.59 Å². The van der Waals surface area contributed by atoms with Gasteiger partial charge in [-0.1, -0.05) is 6.42 Å². The van der Waals surface area contributed by atoms with Crippen LogP contribution in [-0.2, 0) is 4.79 Å². The molecule has 0 radical (unpaired) electrons. The molecule has 1 saturated carbocycles. The van der Waals surface area contributed by atoms with Crippen molar-refractivity contribution in [1.82, 2.24) is 0 Å². The van der Waals surface area contributed by atoms with Crippen molar-refractivity contribution in [3.8, 4) is 0 Å². The first kappa shape index (κ1) is 20.8. The first-order valence-electron chi connectivity index (χ1n) is 9.45. The van der Waals surface area contributed by atoms with Gasteiger partial charge in [0, 0.05) is 38.1 Å². The second-order valence-electron chi connectivity index (χ2n) is 8.41. The monoisotopic (exact) mass is 394 g/mol. The molecule has 11 heteroatoms. The Hall–Kier alpha value is -1.95. The topological polar surface area (TPSA) is 170 Å². The zero-order chi connectivity index (χ0) is 20.9. The molecule has 0 amide bonds. The fourth-order valence-corrected chi connectivity index (χ4v) is 4.13. The van der Waals surface area contributed by atoms with Gasteiger partial charge in [0.15, 0.2) is 0 Å². The van der Waals surface area contributed by atoms with E-state index in [0.717, 1.165) is 12.8 Å². The molecule has 1 aromatic rings. The molecular formula is C17H27BN4O6. The van der Waals surface area contributed by atoms with Crippen molar-refractivity contribution in [2.24, 2.45) is 17.4 Å². The van der Waals surface area contributed by atoms with Crippen LogP contribution in [0.3, 0.4) is 0 Å². The zero-order valence-electron chi connectivity index (χ0n) is 15.9. The Morgan fingerprint density at radius 3 is 2.46 bits per heavy atom. The van der Waals surface area contributed by atoms with Gasteiger partial charge in [0.25, 0.3) is 10.9 Å². The van der Waals surface area contributed by atoms with E-state index in [4.69, 9.17) is 21.5 Å². The Morgan fingerprint density at radius 2 is 1.93 bits per heavy atom. The molecule has 1 aromatic carbocycles. The SMILES string of the molecule is CN(CC1(N)CC1)c1c(N2C[C@H](CCCB(O)O)[C@](N)(C(=O)O)C2)c(=O)c1=O. The molecule has 1 aliphatic heterocycles. The van der Waals surface area contributed by atoms with Crippen LogP contribution in [0, 0.1) is 5.92 Å². The normalized spacial score (nSPS) is 25.9. The Kier molecular flexibility index (Phi) is 5.30. The predicted octanol–water partition coefficient (Wildman–Crippen LogP) is -2.32. The lowest BCUT2D eigenvalue weighted by Gasteiger charge is -2.30. The molecule has 10 nitrogen and oxygen atoms in total. The maximum absolute atomic E-state index is 12.3. The highest BCUT2D eigenvalue weighted by Crippen LogP contribution is 2.38. The minimum atomic E-state index is -1.58. The summed E-state index contributed by atoms with van der Waals surface area (Å²) in [6.45, 7) is 0.571. The maximum Gasteiger partial charge on any atom is 0.451 e. The third kappa shape index (κ3) is 3.67. The van der Waals surface area contributed by atoms with E-state index in [0.29, 0.717) is 19.4 Å². The Bertz CT molecular complexity index is 834. The maximum atomic E-state index is 12.3. The van der Waals surface area contributed by atoms with Crippen molar-refractivity contribution >= 4 is 24.5 Å². The molecule has 1 heterocycles. The van der Waals surface area contributed by atoms with Crippen LogP contribution in [0.2, 0.25) is 6.32 Å². The van der Waals surface area contributed by atoms with E-state index in [1.54, 1.807) is 16.8 Å². The van der Waals surface area contributed by atoms with E-state index in [-0.39, 0.29) is 36.3 Å². The third-order valence-corrected chi connectivity index (χ3v) is 6.04. The van der Waals surface area contributed by atoms with Crippen LogP contribution < -0.4 is 32.1 Å². The Labute approximate surface area is 162 Å². The standard InChI is InChI=1S/C17H27BN4O6/c1-21(8-16(19)4-5-16)11-12(14(24)13(11)23)22-7-10(3-2-6-18(27)28)17(20,9-22)15(25)26/h10,27-28H,2-9,19-20H2,1H3,(H,25,26)/t10-,17-/m0/s1. The molecule has 1 aliphatic carbocycles. The lowest BCUT2D eigenvalue weighted by Crippen LogP contribution is -2.55. The molecule has 3 rings (SSSR count). The second-order valence-corrected chi connectivity index (χ2v) is 8.41. The molecule has 28 heavy (non-hydrogen) atoms. The molecular weight excluding hydrogens is 367 g/mol. The number of nitrogens with zero attached hydrogens (tertiary/aromatic N) is 2. The fourth-order valence-electron chi connectivity index (χ4n) is 4.13. The van der Waals surface area contributed by atoms with E-state index < -0.39 is 35.4 Å². The predicted molar refractivity (Wildman–Crippen MR) is 105 cm³/mol. The largest absolute Gasteiger partial charge is 0.480 e. The van der Waals surface area contributed by atoms with Gasteiger partial charge >= 0.3 is 13.1 Å². The van der Waals surface area contributed by atoms with Gasteiger partial charge in [-0.2, -0.15) is 0 Å². The highest BCUT2D eigenvalue weighted by Gasteiger charge is 2.51. The van der Waals surface area contributed by atoms with Gasteiger partial charge in [0.05, 0.1) is 0 Å². The summed E-state index contributed by atoms with van der Waals surface area (Å²) in [5.41, 5.74) is 9.60. The number of hydrogen-bond acceptors (Lipinski definition) is 9. The number of carboxylic acid groups (broad SMARTS) is 1.